The Balaban J connectivity index is 2.12. The zero-order valence-electron chi connectivity index (χ0n) is 14.9. The molecule has 27 heavy (non-hydrogen) atoms. The van der Waals surface area contributed by atoms with E-state index in [-0.39, 0.29) is 42.4 Å². The smallest absolute Gasteiger partial charge is 0.281 e. The van der Waals surface area contributed by atoms with Crippen molar-refractivity contribution in [1.82, 2.24) is 9.63 Å². The minimum atomic E-state index is -0.525. The van der Waals surface area contributed by atoms with Gasteiger partial charge in [0.15, 0.2) is 0 Å². The number of carbonyl (C=O) groups excluding carboxylic acids is 1. The molecule has 1 aliphatic rings. The second-order valence-corrected chi connectivity index (χ2v) is 7.07. The molecule has 2 heterocycles. The first-order valence-electron chi connectivity index (χ1n) is 8.35. The quantitative estimate of drug-likeness (QED) is 0.746. The Morgan fingerprint density at radius 3 is 2.78 bits per heavy atom. The van der Waals surface area contributed by atoms with Crippen molar-refractivity contribution in [3.05, 3.63) is 55.5 Å². The van der Waals surface area contributed by atoms with Gasteiger partial charge in [0.1, 0.15) is 11.6 Å². The number of benzene rings is 1. The van der Waals surface area contributed by atoms with Crippen LogP contribution in [0.5, 0.6) is 0 Å². The number of carbonyl (C=O) groups is 1. The standard InChI is InChI=1S/C18H19BrFN3O4/c1-10-12-5-6-23(27-8-7-24)18(26)15(12)16(22(2)17(10)25)21-14-4-3-11(19)9-13(14)20/h3-4,9,21,24H,5-8H2,1-2H3. The van der Waals surface area contributed by atoms with Crippen LogP contribution < -0.4 is 10.9 Å². The number of amides is 1. The molecule has 0 spiro atoms. The first kappa shape index (κ1) is 19.5. The molecule has 1 aromatic carbocycles. The molecule has 0 fully saturated rings. The van der Waals surface area contributed by atoms with Gasteiger partial charge in [-0.15, -0.1) is 0 Å². The molecule has 144 valence electrons. The van der Waals surface area contributed by atoms with Gasteiger partial charge in [-0.3, -0.25) is 19.0 Å². The van der Waals surface area contributed by atoms with Gasteiger partial charge in [0.25, 0.3) is 11.5 Å². The van der Waals surface area contributed by atoms with Crippen LogP contribution in [0.3, 0.4) is 0 Å². The Kier molecular flexibility index (Phi) is 5.64. The van der Waals surface area contributed by atoms with E-state index in [0.717, 1.165) is 5.06 Å². The fourth-order valence-electron chi connectivity index (χ4n) is 3.10. The highest BCUT2D eigenvalue weighted by molar-refractivity contribution is 9.10. The molecule has 0 atom stereocenters. The van der Waals surface area contributed by atoms with E-state index in [2.05, 4.69) is 21.2 Å². The molecule has 0 bridgehead atoms. The van der Waals surface area contributed by atoms with Crippen LogP contribution in [0.2, 0.25) is 0 Å². The van der Waals surface area contributed by atoms with Gasteiger partial charge in [-0.2, -0.15) is 0 Å². The maximum Gasteiger partial charge on any atom is 0.281 e. The number of halogens is 2. The number of hydrogen-bond acceptors (Lipinski definition) is 5. The number of fused-ring (bicyclic) bond motifs is 1. The van der Waals surface area contributed by atoms with Crippen LogP contribution in [0, 0.1) is 12.7 Å². The Hall–Kier alpha value is -2.23. The minimum absolute atomic E-state index is 0.0179. The van der Waals surface area contributed by atoms with E-state index in [0.29, 0.717) is 22.0 Å². The molecular weight excluding hydrogens is 421 g/mol. The predicted octanol–water partition coefficient (Wildman–Crippen LogP) is 2.26. The predicted molar refractivity (Wildman–Crippen MR) is 102 cm³/mol. The van der Waals surface area contributed by atoms with Crippen molar-refractivity contribution in [2.45, 2.75) is 13.3 Å². The molecule has 0 saturated heterocycles. The number of nitrogens with zero attached hydrogens (tertiary/aromatic N) is 2. The highest BCUT2D eigenvalue weighted by Crippen LogP contribution is 2.30. The summed E-state index contributed by atoms with van der Waals surface area (Å²) in [4.78, 5) is 30.8. The number of nitrogens with one attached hydrogen (secondary N) is 1. The summed E-state index contributed by atoms with van der Waals surface area (Å²) in [6.07, 6.45) is 0.423. The molecule has 2 N–H and O–H groups in total. The van der Waals surface area contributed by atoms with Gasteiger partial charge in [0.2, 0.25) is 0 Å². The first-order chi connectivity index (χ1) is 12.8. The van der Waals surface area contributed by atoms with Crippen molar-refractivity contribution in [2.75, 3.05) is 25.1 Å². The van der Waals surface area contributed by atoms with E-state index < -0.39 is 11.7 Å². The average Bonchev–Trinajstić information content (AvgIpc) is 2.64. The van der Waals surface area contributed by atoms with Crippen LogP contribution in [0.25, 0.3) is 0 Å². The molecular formula is C18H19BrFN3O4. The van der Waals surface area contributed by atoms with E-state index >= 15 is 0 Å². The number of aliphatic hydroxyl groups excluding tert-OH is 1. The van der Waals surface area contributed by atoms with Crippen molar-refractivity contribution in [1.29, 1.82) is 0 Å². The van der Waals surface area contributed by atoms with Crippen molar-refractivity contribution >= 4 is 33.3 Å². The summed E-state index contributed by atoms with van der Waals surface area (Å²) in [6, 6.07) is 4.46. The summed E-state index contributed by atoms with van der Waals surface area (Å²) >= 11 is 3.20. The second-order valence-electron chi connectivity index (χ2n) is 6.15. The maximum absolute atomic E-state index is 14.3. The largest absolute Gasteiger partial charge is 0.394 e. The normalized spacial score (nSPS) is 13.7. The fourth-order valence-corrected chi connectivity index (χ4v) is 3.43. The maximum atomic E-state index is 14.3. The lowest BCUT2D eigenvalue weighted by Crippen LogP contribution is -2.41. The highest BCUT2D eigenvalue weighted by Gasteiger charge is 2.32. The number of hydroxylamine groups is 2. The highest BCUT2D eigenvalue weighted by atomic mass is 79.9. The Bertz CT molecular complexity index is 961. The number of rotatable bonds is 5. The Morgan fingerprint density at radius 1 is 1.37 bits per heavy atom. The number of pyridine rings is 1. The van der Waals surface area contributed by atoms with Crippen LogP contribution in [-0.4, -0.2) is 40.4 Å². The van der Waals surface area contributed by atoms with E-state index in [1.54, 1.807) is 13.0 Å². The molecule has 7 nitrogen and oxygen atoms in total. The van der Waals surface area contributed by atoms with Gasteiger partial charge in [-0.05, 0) is 37.1 Å². The van der Waals surface area contributed by atoms with Gasteiger partial charge >= 0.3 is 0 Å². The summed E-state index contributed by atoms with van der Waals surface area (Å²) in [6.45, 7) is 1.70. The van der Waals surface area contributed by atoms with E-state index in [9.17, 15) is 14.0 Å². The van der Waals surface area contributed by atoms with Gasteiger partial charge in [0.05, 0.1) is 31.0 Å². The number of aromatic nitrogens is 1. The summed E-state index contributed by atoms with van der Waals surface area (Å²) in [7, 11) is 1.52. The van der Waals surface area contributed by atoms with Crippen molar-refractivity contribution in [3.63, 3.8) is 0 Å². The van der Waals surface area contributed by atoms with Gasteiger partial charge in [0, 0.05) is 17.1 Å². The van der Waals surface area contributed by atoms with E-state index in [1.807, 2.05) is 0 Å². The first-order valence-corrected chi connectivity index (χ1v) is 9.14. The molecule has 9 heteroatoms. The molecule has 1 aliphatic heterocycles. The molecule has 0 saturated carbocycles. The average molecular weight is 440 g/mol. The summed E-state index contributed by atoms with van der Waals surface area (Å²) < 4.78 is 16.2. The van der Waals surface area contributed by atoms with Crippen LogP contribution >= 0.6 is 15.9 Å². The number of anilines is 2. The zero-order chi connectivity index (χ0) is 19.7. The zero-order valence-corrected chi connectivity index (χ0v) is 16.5. The lowest BCUT2D eigenvalue weighted by Gasteiger charge is -2.30. The minimum Gasteiger partial charge on any atom is -0.394 e. The summed E-state index contributed by atoms with van der Waals surface area (Å²) in [5, 5.41) is 13.0. The van der Waals surface area contributed by atoms with Gasteiger partial charge in [-0.1, -0.05) is 15.9 Å². The van der Waals surface area contributed by atoms with Crippen molar-refractivity contribution < 1.29 is 19.1 Å². The van der Waals surface area contributed by atoms with Crippen LogP contribution in [-0.2, 0) is 18.3 Å². The van der Waals surface area contributed by atoms with E-state index in [4.69, 9.17) is 9.94 Å². The van der Waals surface area contributed by atoms with Gasteiger partial charge in [-0.25, -0.2) is 9.45 Å². The molecule has 1 aromatic heterocycles. The number of aliphatic hydroxyl groups is 1. The van der Waals surface area contributed by atoms with Gasteiger partial charge < -0.3 is 10.4 Å². The monoisotopic (exact) mass is 439 g/mol. The molecule has 3 rings (SSSR count). The van der Waals surface area contributed by atoms with E-state index in [1.165, 1.54) is 23.7 Å². The molecule has 1 amide bonds. The molecule has 0 aliphatic carbocycles. The van der Waals surface area contributed by atoms with Crippen LogP contribution in [0.15, 0.2) is 27.5 Å². The topological polar surface area (TPSA) is 83.8 Å². The molecule has 0 unspecified atom stereocenters. The Morgan fingerprint density at radius 2 is 2.11 bits per heavy atom. The summed E-state index contributed by atoms with van der Waals surface area (Å²) in [5.74, 6) is -0.768. The number of hydrogen-bond donors (Lipinski definition) is 2. The third-order valence-electron chi connectivity index (χ3n) is 4.48. The third-order valence-corrected chi connectivity index (χ3v) is 4.97. The van der Waals surface area contributed by atoms with Crippen LogP contribution in [0.4, 0.5) is 15.9 Å². The Labute approximate surface area is 163 Å². The third kappa shape index (κ3) is 3.62. The lowest BCUT2D eigenvalue weighted by atomic mass is 9.96. The van der Waals surface area contributed by atoms with Crippen molar-refractivity contribution in [3.8, 4) is 0 Å². The fraction of sp³-hybridized carbons (Fsp3) is 0.333. The molecule has 0 radical (unpaired) electrons. The second kappa shape index (κ2) is 7.79. The van der Waals surface area contributed by atoms with Crippen LogP contribution in [0.1, 0.15) is 21.5 Å². The van der Waals surface area contributed by atoms with Crippen molar-refractivity contribution in [2.24, 2.45) is 7.05 Å². The molecule has 2 aromatic rings. The lowest BCUT2D eigenvalue weighted by molar-refractivity contribution is -0.132. The summed E-state index contributed by atoms with van der Waals surface area (Å²) in [5.41, 5.74) is 1.24. The SMILES string of the molecule is Cc1c2c(c(Nc3ccc(Br)cc3F)n(C)c1=O)C(=O)N(OCCO)CC2.